The van der Waals surface area contributed by atoms with E-state index in [1.165, 1.54) is 5.56 Å². The van der Waals surface area contributed by atoms with Gasteiger partial charge in [-0.15, -0.1) is 0 Å². The lowest BCUT2D eigenvalue weighted by molar-refractivity contribution is -0.131. The number of likely N-dealkylation sites (tertiary alicyclic amines) is 1. The molecule has 2 atom stereocenters. The zero-order chi connectivity index (χ0) is 12.5. The number of rotatable bonds is 2. The highest BCUT2D eigenvalue weighted by Crippen LogP contribution is 2.27. The van der Waals surface area contributed by atoms with Gasteiger partial charge in [-0.2, -0.15) is 0 Å². The quantitative estimate of drug-likeness (QED) is 0.854. The maximum absolute atomic E-state index is 12.4. The van der Waals surface area contributed by atoms with Crippen molar-refractivity contribution in [2.75, 3.05) is 25.5 Å². The van der Waals surface area contributed by atoms with Crippen molar-refractivity contribution in [2.45, 2.75) is 25.0 Å². The van der Waals surface area contributed by atoms with Gasteiger partial charge in [0.05, 0.1) is 6.10 Å². The van der Waals surface area contributed by atoms with E-state index in [1.54, 1.807) is 7.11 Å². The molecule has 0 bridgehead atoms. The van der Waals surface area contributed by atoms with Crippen molar-refractivity contribution in [2.24, 2.45) is 0 Å². The molecule has 0 saturated carbocycles. The molecule has 1 fully saturated rings. The number of anilines is 1. The molecule has 2 heterocycles. The lowest BCUT2D eigenvalue weighted by Gasteiger charge is -2.20. The number of nitrogens with zero attached hydrogens (tertiary/aromatic N) is 1. The molecule has 1 amide bonds. The van der Waals surface area contributed by atoms with E-state index in [4.69, 9.17) is 4.74 Å². The number of methoxy groups -OCH3 is 1. The lowest BCUT2D eigenvalue weighted by Crippen LogP contribution is -2.41. The molecule has 3 rings (SSSR count). The first-order valence-corrected chi connectivity index (χ1v) is 6.44. The summed E-state index contributed by atoms with van der Waals surface area (Å²) in [6, 6.07) is 8.03. The second kappa shape index (κ2) is 4.61. The summed E-state index contributed by atoms with van der Waals surface area (Å²) in [5, 5.41) is 3.31. The highest BCUT2D eigenvalue weighted by Gasteiger charge is 2.33. The minimum Gasteiger partial charge on any atom is -0.380 e. The fourth-order valence-electron chi connectivity index (χ4n) is 2.79. The van der Waals surface area contributed by atoms with Crippen LogP contribution in [0.15, 0.2) is 24.3 Å². The molecular weight excluding hydrogens is 228 g/mol. The predicted octanol–water partition coefficient (Wildman–Crippen LogP) is 1.27. The first-order valence-electron chi connectivity index (χ1n) is 6.44. The Bertz CT molecular complexity index is 436. The fraction of sp³-hybridized carbons (Fsp3) is 0.500. The van der Waals surface area contributed by atoms with Crippen LogP contribution in [-0.4, -0.2) is 43.2 Å². The van der Waals surface area contributed by atoms with Gasteiger partial charge in [0.15, 0.2) is 0 Å². The van der Waals surface area contributed by atoms with Crippen molar-refractivity contribution in [3.8, 4) is 0 Å². The van der Waals surface area contributed by atoms with Crippen LogP contribution in [0.4, 0.5) is 5.69 Å². The summed E-state index contributed by atoms with van der Waals surface area (Å²) < 4.78 is 5.30. The van der Waals surface area contributed by atoms with Gasteiger partial charge in [-0.05, 0) is 18.1 Å². The van der Waals surface area contributed by atoms with Crippen LogP contribution in [0.5, 0.6) is 0 Å². The maximum Gasteiger partial charge on any atom is 0.245 e. The van der Waals surface area contributed by atoms with E-state index in [0.717, 1.165) is 31.6 Å². The summed E-state index contributed by atoms with van der Waals surface area (Å²) in [4.78, 5) is 14.3. The van der Waals surface area contributed by atoms with Crippen LogP contribution in [0.2, 0.25) is 0 Å². The van der Waals surface area contributed by atoms with Crippen molar-refractivity contribution in [3.05, 3.63) is 29.8 Å². The molecule has 0 aromatic heterocycles. The van der Waals surface area contributed by atoms with E-state index in [-0.39, 0.29) is 18.1 Å². The van der Waals surface area contributed by atoms with Gasteiger partial charge in [0, 0.05) is 32.3 Å². The van der Waals surface area contributed by atoms with Crippen molar-refractivity contribution >= 4 is 11.6 Å². The number of nitrogens with one attached hydrogen (secondary N) is 1. The molecule has 2 aliphatic rings. The molecule has 96 valence electrons. The SMILES string of the molecule is COC1CCN(C(=O)[C@@H]2Cc3ccccc3N2)C1. The number of carbonyl (C=O) groups excluding carboxylic acids is 1. The first-order chi connectivity index (χ1) is 8.78. The second-order valence-corrected chi connectivity index (χ2v) is 4.99. The van der Waals surface area contributed by atoms with Crippen LogP contribution in [0.25, 0.3) is 0 Å². The van der Waals surface area contributed by atoms with Gasteiger partial charge < -0.3 is 15.0 Å². The van der Waals surface area contributed by atoms with Crippen molar-refractivity contribution < 1.29 is 9.53 Å². The molecule has 1 aromatic rings. The van der Waals surface area contributed by atoms with Crippen LogP contribution >= 0.6 is 0 Å². The average molecular weight is 246 g/mol. The maximum atomic E-state index is 12.4. The van der Waals surface area contributed by atoms with E-state index in [0.29, 0.717) is 0 Å². The molecule has 18 heavy (non-hydrogen) atoms. The topological polar surface area (TPSA) is 41.6 Å². The number of fused-ring (bicyclic) bond motifs is 1. The third kappa shape index (κ3) is 1.97. The van der Waals surface area contributed by atoms with Crippen LogP contribution in [-0.2, 0) is 16.0 Å². The highest BCUT2D eigenvalue weighted by molar-refractivity contribution is 5.87. The second-order valence-electron chi connectivity index (χ2n) is 4.99. The first kappa shape index (κ1) is 11.5. The normalized spacial score (nSPS) is 25.9. The predicted molar refractivity (Wildman–Crippen MR) is 69.6 cm³/mol. The summed E-state index contributed by atoms with van der Waals surface area (Å²) in [5.41, 5.74) is 2.33. The number of hydrogen-bond acceptors (Lipinski definition) is 3. The summed E-state index contributed by atoms with van der Waals surface area (Å²) in [6.07, 6.45) is 1.95. The molecule has 1 aromatic carbocycles. The number of carbonyl (C=O) groups is 1. The Morgan fingerprint density at radius 1 is 1.44 bits per heavy atom. The lowest BCUT2D eigenvalue weighted by atomic mass is 10.1. The number of amides is 1. The Labute approximate surface area is 107 Å². The van der Waals surface area contributed by atoms with Crippen molar-refractivity contribution in [3.63, 3.8) is 0 Å². The number of ether oxygens (including phenoxy) is 1. The molecule has 0 radical (unpaired) electrons. The average Bonchev–Trinajstić information content (AvgIpc) is 3.04. The number of hydrogen-bond donors (Lipinski definition) is 1. The molecule has 0 aliphatic carbocycles. The number of para-hydroxylation sites is 1. The summed E-state index contributed by atoms with van der Waals surface area (Å²) >= 11 is 0. The summed E-state index contributed by atoms with van der Waals surface area (Å²) in [5.74, 6) is 0.200. The highest BCUT2D eigenvalue weighted by atomic mass is 16.5. The van der Waals surface area contributed by atoms with Crippen molar-refractivity contribution in [1.29, 1.82) is 0 Å². The molecular formula is C14H18N2O2. The van der Waals surface area contributed by atoms with E-state index in [1.807, 2.05) is 23.1 Å². The van der Waals surface area contributed by atoms with Crippen LogP contribution in [0, 0.1) is 0 Å². The summed E-state index contributed by atoms with van der Waals surface area (Å²) in [7, 11) is 1.71. The molecule has 4 heteroatoms. The third-order valence-electron chi connectivity index (χ3n) is 3.86. The van der Waals surface area contributed by atoms with Crippen LogP contribution in [0.3, 0.4) is 0 Å². The molecule has 2 aliphatic heterocycles. The fourth-order valence-corrected chi connectivity index (χ4v) is 2.79. The minimum atomic E-state index is -0.0991. The largest absolute Gasteiger partial charge is 0.380 e. The molecule has 0 spiro atoms. The standard InChI is InChI=1S/C14H18N2O2/c1-18-11-6-7-16(9-11)14(17)13-8-10-4-2-3-5-12(10)15-13/h2-5,11,13,15H,6-9H2,1H3/t11?,13-/m0/s1. The Morgan fingerprint density at radius 3 is 3.00 bits per heavy atom. The van der Waals surface area contributed by atoms with Crippen LogP contribution in [0.1, 0.15) is 12.0 Å². The monoisotopic (exact) mass is 246 g/mol. The van der Waals surface area contributed by atoms with Crippen LogP contribution < -0.4 is 5.32 Å². The molecule has 1 unspecified atom stereocenters. The van der Waals surface area contributed by atoms with Gasteiger partial charge >= 0.3 is 0 Å². The van der Waals surface area contributed by atoms with Gasteiger partial charge in [-0.1, -0.05) is 18.2 Å². The van der Waals surface area contributed by atoms with E-state index < -0.39 is 0 Å². The van der Waals surface area contributed by atoms with Gasteiger partial charge in [0.1, 0.15) is 6.04 Å². The third-order valence-corrected chi connectivity index (χ3v) is 3.86. The summed E-state index contributed by atoms with van der Waals surface area (Å²) in [6.45, 7) is 1.54. The Balaban J connectivity index is 1.66. The van der Waals surface area contributed by atoms with Crippen molar-refractivity contribution in [1.82, 2.24) is 4.90 Å². The zero-order valence-electron chi connectivity index (χ0n) is 10.6. The Hall–Kier alpha value is -1.55. The molecule has 1 N–H and O–H groups in total. The molecule has 1 saturated heterocycles. The van der Waals surface area contributed by atoms with Gasteiger partial charge in [-0.25, -0.2) is 0 Å². The Kier molecular flexibility index (Phi) is 2.96. The van der Waals surface area contributed by atoms with Gasteiger partial charge in [0.2, 0.25) is 5.91 Å². The Morgan fingerprint density at radius 2 is 2.28 bits per heavy atom. The van der Waals surface area contributed by atoms with Gasteiger partial charge in [0.25, 0.3) is 0 Å². The smallest absolute Gasteiger partial charge is 0.245 e. The zero-order valence-corrected chi connectivity index (χ0v) is 10.6. The van der Waals surface area contributed by atoms with Gasteiger partial charge in [-0.3, -0.25) is 4.79 Å². The van der Waals surface area contributed by atoms with E-state index in [2.05, 4.69) is 11.4 Å². The molecule has 4 nitrogen and oxygen atoms in total. The minimum absolute atomic E-state index is 0.0991. The van der Waals surface area contributed by atoms with E-state index in [9.17, 15) is 4.79 Å². The number of benzene rings is 1. The van der Waals surface area contributed by atoms with E-state index >= 15 is 0 Å².